The van der Waals surface area contributed by atoms with Crippen LogP contribution >= 0.6 is 15.9 Å². The van der Waals surface area contributed by atoms with Crippen LogP contribution in [-0.2, 0) is 0 Å². The Hall–Kier alpha value is -1.88. The molecular formula is C14H12BrNO3. The quantitative estimate of drug-likeness (QED) is 0.812. The highest BCUT2D eigenvalue weighted by Crippen LogP contribution is 2.26. The molecule has 4 nitrogen and oxygen atoms in total. The Balaban J connectivity index is 2.35. The van der Waals surface area contributed by atoms with Gasteiger partial charge in [0.25, 0.3) is 0 Å². The van der Waals surface area contributed by atoms with Crippen LogP contribution in [0.3, 0.4) is 0 Å². The summed E-state index contributed by atoms with van der Waals surface area (Å²) < 4.78 is 10.9. The molecular weight excluding hydrogens is 310 g/mol. The molecule has 0 N–H and O–H groups in total. The molecule has 0 atom stereocenters. The van der Waals surface area contributed by atoms with E-state index in [9.17, 15) is 4.79 Å². The topological polar surface area (TPSA) is 48.4 Å². The standard InChI is InChI=1S/C14H12BrNO3/c1-18-11-5-10(7-16-8-11)14(17)9-3-4-13(19-2)12(15)6-9/h3-8H,1-2H3. The third kappa shape index (κ3) is 2.93. The number of nitrogens with zero attached hydrogens (tertiary/aromatic N) is 1. The summed E-state index contributed by atoms with van der Waals surface area (Å²) in [6.07, 6.45) is 3.07. The molecule has 0 spiro atoms. The molecule has 19 heavy (non-hydrogen) atoms. The van der Waals surface area contributed by atoms with Crippen molar-refractivity contribution < 1.29 is 14.3 Å². The molecule has 0 fully saturated rings. The number of benzene rings is 1. The van der Waals surface area contributed by atoms with E-state index in [1.807, 2.05) is 0 Å². The Labute approximate surface area is 119 Å². The van der Waals surface area contributed by atoms with Gasteiger partial charge >= 0.3 is 0 Å². The molecule has 0 unspecified atom stereocenters. The second kappa shape index (κ2) is 5.84. The van der Waals surface area contributed by atoms with E-state index in [0.29, 0.717) is 22.6 Å². The third-order valence-corrected chi connectivity index (χ3v) is 3.24. The predicted molar refractivity (Wildman–Crippen MR) is 74.9 cm³/mol. The summed E-state index contributed by atoms with van der Waals surface area (Å²) in [6, 6.07) is 6.84. The lowest BCUT2D eigenvalue weighted by atomic mass is 10.0. The number of methoxy groups -OCH3 is 2. The molecule has 0 saturated carbocycles. The molecule has 0 bridgehead atoms. The van der Waals surface area contributed by atoms with Crippen molar-refractivity contribution in [2.45, 2.75) is 0 Å². The van der Waals surface area contributed by atoms with Crippen molar-refractivity contribution in [1.29, 1.82) is 0 Å². The lowest BCUT2D eigenvalue weighted by Gasteiger charge is -2.06. The lowest BCUT2D eigenvalue weighted by Crippen LogP contribution is -2.02. The van der Waals surface area contributed by atoms with Crippen LogP contribution in [0.4, 0.5) is 0 Å². The van der Waals surface area contributed by atoms with E-state index < -0.39 is 0 Å². The molecule has 1 aromatic heterocycles. The number of hydrogen-bond donors (Lipinski definition) is 0. The molecule has 0 amide bonds. The van der Waals surface area contributed by atoms with Gasteiger partial charge in [0.05, 0.1) is 24.9 Å². The maximum atomic E-state index is 12.3. The number of halogens is 1. The average molecular weight is 322 g/mol. The minimum Gasteiger partial charge on any atom is -0.496 e. The first-order valence-electron chi connectivity index (χ1n) is 5.53. The van der Waals surface area contributed by atoms with Gasteiger partial charge in [0, 0.05) is 17.3 Å². The molecule has 1 aromatic carbocycles. The summed E-state index contributed by atoms with van der Waals surface area (Å²) >= 11 is 3.36. The zero-order valence-electron chi connectivity index (χ0n) is 10.5. The van der Waals surface area contributed by atoms with E-state index in [1.165, 1.54) is 13.3 Å². The number of ether oxygens (including phenoxy) is 2. The molecule has 2 rings (SSSR count). The van der Waals surface area contributed by atoms with E-state index in [4.69, 9.17) is 9.47 Å². The van der Waals surface area contributed by atoms with Crippen molar-refractivity contribution in [2.24, 2.45) is 0 Å². The van der Waals surface area contributed by atoms with Crippen LogP contribution in [0.1, 0.15) is 15.9 Å². The van der Waals surface area contributed by atoms with Crippen LogP contribution in [0.5, 0.6) is 11.5 Å². The monoisotopic (exact) mass is 321 g/mol. The predicted octanol–water partition coefficient (Wildman–Crippen LogP) is 3.09. The fraction of sp³-hybridized carbons (Fsp3) is 0.143. The first kappa shape index (κ1) is 13.5. The van der Waals surface area contributed by atoms with Gasteiger partial charge in [-0.25, -0.2) is 0 Å². The Kier molecular flexibility index (Phi) is 4.16. The highest BCUT2D eigenvalue weighted by molar-refractivity contribution is 9.10. The molecule has 1 heterocycles. The molecule has 2 aromatic rings. The average Bonchev–Trinajstić information content (AvgIpc) is 2.46. The Bertz CT molecular complexity index is 613. The maximum absolute atomic E-state index is 12.3. The molecule has 0 aliphatic rings. The first-order valence-corrected chi connectivity index (χ1v) is 6.32. The van der Waals surface area contributed by atoms with E-state index in [2.05, 4.69) is 20.9 Å². The van der Waals surface area contributed by atoms with Gasteiger partial charge in [0.15, 0.2) is 5.78 Å². The normalized spacial score (nSPS) is 10.1. The zero-order valence-corrected chi connectivity index (χ0v) is 12.1. The van der Waals surface area contributed by atoms with E-state index in [0.717, 1.165) is 4.47 Å². The fourth-order valence-corrected chi connectivity index (χ4v) is 2.17. The molecule has 5 heteroatoms. The second-order valence-electron chi connectivity index (χ2n) is 3.79. The third-order valence-electron chi connectivity index (χ3n) is 2.63. The van der Waals surface area contributed by atoms with Gasteiger partial charge < -0.3 is 9.47 Å². The SMILES string of the molecule is COc1cncc(C(=O)c2ccc(OC)c(Br)c2)c1. The minimum absolute atomic E-state index is 0.116. The number of ketones is 1. The van der Waals surface area contributed by atoms with Crippen molar-refractivity contribution >= 4 is 21.7 Å². The van der Waals surface area contributed by atoms with Crippen molar-refractivity contribution in [3.05, 3.63) is 52.3 Å². The summed E-state index contributed by atoms with van der Waals surface area (Å²) in [6.45, 7) is 0. The number of carbonyl (C=O) groups is 1. The van der Waals surface area contributed by atoms with Crippen LogP contribution in [-0.4, -0.2) is 25.0 Å². The van der Waals surface area contributed by atoms with Crippen molar-refractivity contribution in [3.8, 4) is 11.5 Å². The van der Waals surface area contributed by atoms with Gasteiger partial charge in [0.2, 0.25) is 0 Å². The van der Waals surface area contributed by atoms with Crippen LogP contribution in [0.2, 0.25) is 0 Å². The maximum Gasteiger partial charge on any atom is 0.194 e. The summed E-state index contributed by atoms with van der Waals surface area (Å²) in [5.74, 6) is 1.12. The number of aromatic nitrogens is 1. The van der Waals surface area contributed by atoms with Gasteiger partial charge in [0.1, 0.15) is 11.5 Å². The van der Waals surface area contributed by atoms with Gasteiger partial charge in [-0.2, -0.15) is 0 Å². The van der Waals surface area contributed by atoms with Crippen molar-refractivity contribution in [2.75, 3.05) is 14.2 Å². The number of hydrogen-bond acceptors (Lipinski definition) is 4. The van der Waals surface area contributed by atoms with E-state index in [1.54, 1.807) is 37.6 Å². The van der Waals surface area contributed by atoms with E-state index in [-0.39, 0.29) is 5.78 Å². The van der Waals surface area contributed by atoms with Gasteiger partial charge in [-0.3, -0.25) is 9.78 Å². The summed E-state index contributed by atoms with van der Waals surface area (Å²) in [4.78, 5) is 16.3. The zero-order chi connectivity index (χ0) is 13.8. The highest BCUT2D eigenvalue weighted by atomic mass is 79.9. The number of pyridine rings is 1. The summed E-state index contributed by atoms with van der Waals surface area (Å²) in [7, 11) is 3.11. The Morgan fingerprint density at radius 2 is 1.89 bits per heavy atom. The summed E-state index contributed by atoms with van der Waals surface area (Å²) in [5.41, 5.74) is 1.04. The molecule has 98 valence electrons. The second-order valence-corrected chi connectivity index (χ2v) is 4.65. The number of carbonyl (C=O) groups excluding carboxylic acids is 1. The summed E-state index contributed by atoms with van der Waals surface area (Å²) in [5, 5.41) is 0. The van der Waals surface area contributed by atoms with Crippen molar-refractivity contribution in [1.82, 2.24) is 4.98 Å². The molecule has 0 aliphatic carbocycles. The van der Waals surface area contributed by atoms with Crippen LogP contribution < -0.4 is 9.47 Å². The van der Waals surface area contributed by atoms with Gasteiger partial charge in [-0.05, 0) is 40.2 Å². The fourth-order valence-electron chi connectivity index (χ4n) is 1.63. The van der Waals surface area contributed by atoms with Gasteiger partial charge in [-0.15, -0.1) is 0 Å². The van der Waals surface area contributed by atoms with Gasteiger partial charge in [-0.1, -0.05) is 0 Å². The minimum atomic E-state index is -0.116. The smallest absolute Gasteiger partial charge is 0.194 e. The van der Waals surface area contributed by atoms with Crippen molar-refractivity contribution in [3.63, 3.8) is 0 Å². The lowest BCUT2D eigenvalue weighted by molar-refractivity contribution is 0.103. The highest BCUT2D eigenvalue weighted by Gasteiger charge is 2.12. The molecule has 0 saturated heterocycles. The molecule has 0 aliphatic heterocycles. The first-order chi connectivity index (χ1) is 9.15. The van der Waals surface area contributed by atoms with Crippen LogP contribution in [0, 0.1) is 0 Å². The van der Waals surface area contributed by atoms with Crippen LogP contribution in [0.25, 0.3) is 0 Å². The Morgan fingerprint density at radius 3 is 2.53 bits per heavy atom. The van der Waals surface area contributed by atoms with Crippen LogP contribution in [0.15, 0.2) is 41.1 Å². The van der Waals surface area contributed by atoms with E-state index >= 15 is 0 Å². The Morgan fingerprint density at radius 1 is 1.11 bits per heavy atom. The molecule has 0 radical (unpaired) electrons. The number of rotatable bonds is 4. The largest absolute Gasteiger partial charge is 0.496 e.